The van der Waals surface area contributed by atoms with Crippen molar-refractivity contribution in [3.05, 3.63) is 57.5 Å². The summed E-state index contributed by atoms with van der Waals surface area (Å²) in [6.07, 6.45) is 2.89. The normalized spacial score (nSPS) is 10.7. The third-order valence-corrected chi connectivity index (χ3v) is 3.76. The monoisotopic (exact) mass is 285 g/mol. The van der Waals surface area contributed by atoms with Gasteiger partial charge >= 0.3 is 0 Å². The molecule has 5 nitrogen and oxygen atoms in total. The molecule has 2 N–H and O–H groups in total. The van der Waals surface area contributed by atoms with Gasteiger partial charge in [0.05, 0.1) is 15.2 Å². The number of nitrogens with zero attached hydrogens (tertiary/aromatic N) is 1. The van der Waals surface area contributed by atoms with Crippen LogP contribution in [0.15, 0.2) is 41.5 Å². The molecule has 100 valence electrons. The number of anilines is 1. The van der Waals surface area contributed by atoms with E-state index in [1.807, 2.05) is 19.1 Å². The van der Waals surface area contributed by atoms with Crippen LogP contribution in [0.1, 0.15) is 15.4 Å². The van der Waals surface area contributed by atoms with E-state index in [1.54, 1.807) is 17.4 Å². The summed E-state index contributed by atoms with van der Waals surface area (Å²) in [5.74, 6) is -0.424. The van der Waals surface area contributed by atoms with E-state index in [1.165, 1.54) is 18.5 Å². The van der Waals surface area contributed by atoms with Crippen LogP contribution in [0.3, 0.4) is 0 Å². The summed E-state index contributed by atoms with van der Waals surface area (Å²) in [6.45, 7) is 1.94. The van der Waals surface area contributed by atoms with Crippen LogP contribution in [-0.4, -0.2) is 15.9 Å². The van der Waals surface area contributed by atoms with Gasteiger partial charge in [0.25, 0.3) is 5.91 Å². The summed E-state index contributed by atoms with van der Waals surface area (Å²) in [5, 5.41) is 3.70. The lowest BCUT2D eigenvalue weighted by Gasteiger charge is -2.04. The van der Waals surface area contributed by atoms with Gasteiger partial charge in [0, 0.05) is 24.1 Å². The smallest absolute Gasteiger partial charge is 0.261 e. The van der Waals surface area contributed by atoms with Crippen molar-refractivity contribution in [2.75, 3.05) is 5.32 Å². The van der Waals surface area contributed by atoms with Gasteiger partial charge < -0.3 is 10.3 Å². The molecule has 0 radical (unpaired) electrons. The number of hydrogen-bond donors (Lipinski definition) is 2. The second-order valence-electron chi connectivity index (χ2n) is 4.29. The van der Waals surface area contributed by atoms with E-state index in [4.69, 9.17) is 0 Å². The number of nitrogens with one attached hydrogen (secondary N) is 2. The predicted octanol–water partition coefficient (Wildman–Crippen LogP) is 2.55. The standard InChI is InChI=1S/C14H11N3O2S/c1-8-16-11-3-2-9(6-13(11)20-8)17-14(19)10-7-15-5-4-12(10)18/h2-7H,1H3,(H,15,18)(H,17,19). The van der Waals surface area contributed by atoms with Crippen molar-refractivity contribution in [2.24, 2.45) is 0 Å². The molecule has 2 heterocycles. The van der Waals surface area contributed by atoms with Crippen molar-refractivity contribution < 1.29 is 4.79 Å². The van der Waals surface area contributed by atoms with Crippen LogP contribution in [0.25, 0.3) is 10.2 Å². The summed E-state index contributed by atoms with van der Waals surface area (Å²) in [4.78, 5) is 30.7. The van der Waals surface area contributed by atoms with Crippen molar-refractivity contribution in [3.63, 3.8) is 0 Å². The average Bonchev–Trinajstić information content (AvgIpc) is 2.78. The molecule has 0 fully saturated rings. The Morgan fingerprint density at radius 1 is 1.35 bits per heavy atom. The SMILES string of the molecule is Cc1nc2ccc(NC(=O)c3c[nH]ccc3=O)cc2s1. The van der Waals surface area contributed by atoms with Gasteiger partial charge in [-0.2, -0.15) is 0 Å². The summed E-state index contributed by atoms with van der Waals surface area (Å²) in [7, 11) is 0. The Morgan fingerprint density at radius 2 is 2.20 bits per heavy atom. The third-order valence-electron chi connectivity index (χ3n) is 2.82. The molecule has 0 aliphatic rings. The number of pyridine rings is 1. The molecule has 0 unspecified atom stereocenters. The molecule has 0 aliphatic heterocycles. The molecule has 0 aliphatic carbocycles. The molecular formula is C14H11N3O2S. The van der Waals surface area contributed by atoms with E-state index in [0.29, 0.717) is 5.69 Å². The Bertz CT molecular complexity index is 851. The van der Waals surface area contributed by atoms with Gasteiger partial charge in [0.1, 0.15) is 5.56 Å². The Balaban J connectivity index is 1.91. The first-order chi connectivity index (χ1) is 9.63. The zero-order valence-corrected chi connectivity index (χ0v) is 11.5. The molecule has 3 rings (SSSR count). The maximum Gasteiger partial charge on any atom is 0.261 e. The maximum absolute atomic E-state index is 12.0. The molecule has 3 aromatic rings. The van der Waals surface area contributed by atoms with Crippen LogP contribution in [0.2, 0.25) is 0 Å². The van der Waals surface area contributed by atoms with E-state index in [2.05, 4.69) is 15.3 Å². The molecule has 1 aromatic carbocycles. The molecule has 20 heavy (non-hydrogen) atoms. The van der Waals surface area contributed by atoms with Crippen LogP contribution in [0, 0.1) is 6.92 Å². The van der Waals surface area contributed by atoms with Crippen LogP contribution >= 0.6 is 11.3 Å². The minimum absolute atomic E-state index is 0.0908. The van der Waals surface area contributed by atoms with Crippen molar-refractivity contribution in [1.82, 2.24) is 9.97 Å². The van der Waals surface area contributed by atoms with Crippen LogP contribution in [-0.2, 0) is 0 Å². The van der Waals surface area contributed by atoms with Crippen molar-refractivity contribution >= 4 is 33.1 Å². The molecule has 0 bridgehead atoms. The van der Waals surface area contributed by atoms with Gasteiger partial charge in [0.15, 0.2) is 5.43 Å². The first-order valence-corrected chi connectivity index (χ1v) is 6.81. The lowest BCUT2D eigenvalue weighted by molar-refractivity contribution is 0.102. The number of rotatable bonds is 2. The number of thiazole rings is 1. The largest absolute Gasteiger partial charge is 0.367 e. The Hall–Kier alpha value is -2.47. The molecule has 0 atom stereocenters. The van der Waals surface area contributed by atoms with Gasteiger partial charge in [0.2, 0.25) is 0 Å². The quantitative estimate of drug-likeness (QED) is 0.759. The van der Waals surface area contributed by atoms with Crippen molar-refractivity contribution in [2.45, 2.75) is 6.92 Å². The molecule has 0 saturated carbocycles. The fraction of sp³-hybridized carbons (Fsp3) is 0.0714. The van der Waals surface area contributed by atoms with Crippen LogP contribution in [0.5, 0.6) is 0 Å². The van der Waals surface area contributed by atoms with Crippen LogP contribution < -0.4 is 10.7 Å². The lowest BCUT2D eigenvalue weighted by atomic mass is 10.2. The number of aromatic amines is 1. The predicted molar refractivity (Wildman–Crippen MR) is 79.4 cm³/mol. The van der Waals surface area contributed by atoms with E-state index < -0.39 is 5.91 Å². The number of aromatic nitrogens is 2. The second kappa shape index (κ2) is 4.90. The number of carbonyl (C=O) groups is 1. The molecular weight excluding hydrogens is 274 g/mol. The van der Waals surface area contributed by atoms with E-state index >= 15 is 0 Å². The number of fused-ring (bicyclic) bond motifs is 1. The Labute approximate surface area is 118 Å². The minimum atomic E-state index is -0.424. The number of hydrogen-bond acceptors (Lipinski definition) is 4. The van der Waals surface area contributed by atoms with E-state index in [0.717, 1.165) is 15.2 Å². The number of H-pyrrole nitrogens is 1. The maximum atomic E-state index is 12.0. The summed E-state index contributed by atoms with van der Waals surface area (Å²) >= 11 is 1.56. The fourth-order valence-electron chi connectivity index (χ4n) is 1.91. The highest BCUT2D eigenvalue weighted by Crippen LogP contribution is 2.24. The number of benzene rings is 1. The third kappa shape index (κ3) is 2.33. The Morgan fingerprint density at radius 3 is 3.00 bits per heavy atom. The van der Waals surface area contributed by atoms with Crippen molar-refractivity contribution in [1.29, 1.82) is 0 Å². The highest BCUT2D eigenvalue weighted by atomic mass is 32.1. The van der Waals surface area contributed by atoms with E-state index in [9.17, 15) is 9.59 Å². The molecule has 0 saturated heterocycles. The van der Waals surface area contributed by atoms with Crippen molar-refractivity contribution in [3.8, 4) is 0 Å². The number of aryl methyl sites for hydroxylation is 1. The molecule has 0 spiro atoms. The average molecular weight is 285 g/mol. The lowest BCUT2D eigenvalue weighted by Crippen LogP contribution is -2.20. The van der Waals surface area contributed by atoms with Gasteiger partial charge in [-0.15, -0.1) is 11.3 Å². The van der Waals surface area contributed by atoms with Gasteiger partial charge in [-0.05, 0) is 25.1 Å². The summed E-state index contributed by atoms with van der Waals surface area (Å²) in [5.41, 5.74) is 1.33. The fourth-order valence-corrected chi connectivity index (χ4v) is 2.78. The molecule has 6 heteroatoms. The zero-order chi connectivity index (χ0) is 14.1. The zero-order valence-electron chi connectivity index (χ0n) is 10.6. The van der Waals surface area contributed by atoms with E-state index in [-0.39, 0.29) is 11.0 Å². The number of amides is 1. The number of carbonyl (C=O) groups excluding carboxylic acids is 1. The first-order valence-electron chi connectivity index (χ1n) is 5.99. The van der Waals surface area contributed by atoms with Gasteiger partial charge in [-0.1, -0.05) is 0 Å². The van der Waals surface area contributed by atoms with Gasteiger partial charge in [-0.25, -0.2) is 4.98 Å². The highest BCUT2D eigenvalue weighted by Gasteiger charge is 2.10. The van der Waals surface area contributed by atoms with Gasteiger partial charge in [-0.3, -0.25) is 9.59 Å². The van der Waals surface area contributed by atoms with Crippen LogP contribution in [0.4, 0.5) is 5.69 Å². The molecule has 1 amide bonds. The summed E-state index contributed by atoms with van der Waals surface area (Å²) in [6, 6.07) is 6.81. The topological polar surface area (TPSA) is 74.8 Å². The summed E-state index contributed by atoms with van der Waals surface area (Å²) < 4.78 is 1.00. The highest BCUT2D eigenvalue weighted by molar-refractivity contribution is 7.18. The second-order valence-corrected chi connectivity index (χ2v) is 5.53. The Kier molecular flexibility index (Phi) is 3.08. The first kappa shape index (κ1) is 12.6. The minimum Gasteiger partial charge on any atom is -0.367 e. The molecule has 2 aromatic heterocycles.